The third-order valence-corrected chi connectivity index (χ3v) is 3.84. The Balaban J connectivity index is 1.74. The number of amides is 2. The lowest BCUT2D eigenvalue weighted by molar-refractivity contribution is 0.0600. The van der Waals surface area contributed by atoms with Gasteiger partial charge in [0.05, 0.1) is 12.7 Å². The summed E-state index contributed by atoms with van der Waals surface area (Å²) in [6, 6.07) is 16.0. The maximum absolute atomic E-state index is 13.2. The van der Waals surface area contributed by atoms with Gasteiger partial charge in [-0.3, -0.25) is 9.59 Å². The molecule has 3 aromatic rings. The first-order chi connectivity index (χ1) is 14.0. The fraction of sp³-hybridized carbons (Fsp3) is 0.0476. The molecule has 7 nitrogen and oxygen atoms in total. The Morgan fingerprint density at radius 2 is 1.38 bits per heavy atom. The molecule has 0 saturated carbocycles. The number of carbonyl (C=O) groups is 3. The van der Waals surface area contributed by atoms with Gasteiger partial charge in [0.1, 0.15) is 17.2 Å². The van der Waals surface area contributed by atoms with Crippen molar-refractivity contribution < 1.29 is 23.5 Å². The van der Waals surface area contributed by atoms with Crippen molar-refractivity contribution in [3.05, 3.63) is 89.5 Å². The van der Waals surface area contributed by atoms with Gasteiger partial charge in [-0.15, -0.1) is 0 Å². The van der Waals surface area contributed by atoms with Crippen molar-refractivity contribution in [1.82, 2.24) is 4.98 Å². The van der Waals surface area contributed by atoms with E-state index in [9.17, 15) is 18.8 Å². The van der Waals surface area contributed by atoms with E-state index in [4.69, 9.17) is 0 Å². The van der Waals surface area contributed by atoms with E-state index in [0.29, 0.717) is 5.69 Å². The Morgan fingerprint density at radius 3 is 1.97 bits per heavy atom. The smallest absolute Gasteiger partial charge is 0.337 e. The number of carbonyl (C=O) groups excluding carboxylic acids is 3. The maximum Gasteiger partial charge on any atom is 0.337 e. The minimum absolute atomic E-state index is 0.000336. The van der Waals surface area contributed by atoms with Gasteiger partial charge in [-0.1, -0.05) is 18.2 Å². The molecule has 0 spiro atoms. The number of nitrogens with one attached hydrogen (secondary N) is 2. The van der Waals surface area contributed by atoms with Gasteiger partial charge >= 0.3 is 5.97 Å². The summed E-state index contributed by atoms with van der Waals surface area (Å²) in [5, 5.41) is 5.13. The molecular formula is C21H16FN3O4. The minimum atomic E-state index is -0.585. The van der Waals surface area contributed by atoms with Gasteiger partial charge in [-0.25, -0.2) is 14.2 Å². The van der Waals surface area contributed by atoms with Crippen molar-refractivity contribution in [2.45, 2.75) is 0 Å². The highest BCUT2D eigenvalue weighted by Crippen LogP contribution is 2.14. The quantitative estimate of drug-likeness (QED) is 0.647. The van der Waals surface area contributed by atoms with Crippen LogP contribution >= 0.6 is 0 Å². The molecule has 0 aliphatic heterocycles. The molecule has 29 heavy (non-hydrogen) atoms. The molecule has 1 heterocycles. The monoisotopic (exact) mass is 393 g/mol. The summed E-state index contributed by atoms with van der Waals surface area (Å²) in [6.45, 7) is 0. The third-order valence-electron chi connectivity index (χ3n) is 3.84. The van der Waals surface area contributed by atoms with Crippen LogP contribution in [0.25, 0.3) is 0 Å². The first kappa shape index (κ1) is 19.7. The topological polar surface area (TPSA) is 97.4 Å². The molecule has 146 valence electrons. The highest BCUT2D eigenvalue weighted by atomic mass is 19.1. The van der Waals surface area contributed by atoms with E-state index in [1.807, 2.05) is 0 Å². The van der Waals surface area contributed by atoms with Gasteiger partial charge in [-0.05, 0) is 48.5 Å². The zero-order valence-electron chi connectivity index (χ0n) is 15.3. The van der Waals surface area contributed by atoms with Crippen LogP contribution < -0.4 is 10.6 Å². The molecule has 0 unspecified atom stereocenters. The van der Waals surface area contributed by atoms with Gasteiger partial charge in [0.25, 0.3) is 11.8 Å². The van der Waals surface area contributed by atoms with Crippen molar-refractivity contribution in [3.8, 4) is 0 Å². The molecule has 0 bridgehead atoms. The highest BCUT2D eigenvalue weighted by molar-refractivity contribution is 6.06. The number of nitrogens with zero attached hydrogens (tertiary/aromatic N) is 1. The summed E-state index contributed by atoms with van der Waals surface area (Å²) in [5.41, 5.74) is 0.910. The summed E-state index contributed by atoms with van der Waals surface area (Å²) in [6.07, 6.45) is 0. The number of rotatable bonds is 5. The van der Waals surface area contributed by atoms with Crippen LogP contribution in [0.3, 0.4) is 0 Å². The third kappa shape index (κ3) is 5.01. The summed E-state index contributed by atoms with van der Waals surface area (Å²) >= 11 is 0. The molecule has 0 saturated heterocycles. The lowest BCUT2D eigenvalue weighted by atomic mass is 10.2. The highest BCUT2D eigenvalue weighted by Gasteiger charge is 2.14. The molecule has 0 aliphatic rings. The number of benzene rings is 2. The number of esters is 1. The Morgan fingerprint density at radius 1 is 0.828 bits per heavy atom. The molecule has 0 radical (unpaired) electrons. The van der Waals surface area contributed by atoms with Crippen LogP contribution in [-0.2, 0) is 4.74 Å². The number of ether oxygens (including phenoxy) is 1. The maximum atomic E-state index is 13.2. The molecule has 1 aromatic heterocycles. The molecule has 0 fully saturated rings. The molecule has 8 heteroatoms. The van der Waals surface area contributed by atoms with Crippen molar-refractivity contribution in [2.75, 3.05) is 17.7 Å². The second-order valence-electron chi connectivity index (χ2n) is 5.90. The average Bonchev–Trinajstić information content (AvgIpc) is 2.73. The normalized spacial score (nSPS) is 10.1. The fourth-order valence-electron chi connectivity index (χ4n) is 2.49. The zero-order valence-corrected chi connectivity index (χ0v) is 15.3. The zero-order chi connectivity index (χ0) is 20.8. The van der Waals surface area contributed by atoms with E-state index in [1.165, 1.54) is 55.6 Å². The summed E-state index contributed by atoms with van der Waals surface area (Å²) in [5.74, 6) is -2.17. The largest absolute Gasteiger partial charge is 0.465 e. The number of halogens is 1. The second kappa shape index (κ2) is 8.75. The first-order valence-electron chi connectivity index (χ1n) is 8.50. The second-order valence-corrected chi connectivity index (χ2v) is 5.90. The number of anilines is 2. The van der Waals surface area contributed by atoms with Gasteiger partial charge in [0.15, 0.2) is 0 Å². The van der Waals surface area contributed by atoms with Crippen LogP contribution in [0.15, 0.2) is 66.7 Å². The average molecular weight is 393 g/mol. The predicted octanol–water partition coefficient (Wildman–Crippen LogP) is 3.51. The van der Waals surface area contributed by atoms with Crippen molar-refractivity contribution in [3.63, 3.8) is 0 Å². The number of methoxy groups -OCH3 is 1. The standard InChI is InChI=1S/C21H16FN3O4/c1-29-21(28)13-5-2-7-15(11-13)23-19(26)17-9-4-10-18(25-17)20(27)24-16-8-3-6-14(22)12-16/h2-12H,1H3,(H,23,26)(H,24,27). The van der Waals surface area contributed by atoms with E-state index in [1.54, 1.807) is 18.2 Å². The summed E-state index contributed by atoms with van der Waals surface area (Å²) in [4.78, 5) is 40.5. The Hall–Kier alpha value is -4.07. The van der Waals surface area contributed by atoms with Gasteiger partial charge < -0.3 is 15.4 Å². The van der Waals surface area contributed by atoms with E-state index in [2.05, 4.69) is 20.4 Å². The molecule has 0 atom stereocenters. The molecule has 3 rings (SSSR count). The van der Waals surface area contributed by atoms with Crippen LogP contribution in [0.2, 0.25) is 0 Å². The Kier molecular flexibility index (Phi) is 5.94. The molecule has 0 aliphatic carbocycles. The number of hydrogen-bond donors (Lipinski definition) is 2. The number of pyridine rings is 1. The van der Waals surface area contributed by atoms with E-state index >= 15 is 0 Å². The van der Waals surface area contributed by atoms with E-state index in [0.717, 1.165) is 0 Å². The SMILES string of the molecule is COC(=O)c1cccc(NC(=O)c2cccc(C(=O)Nc3cccc(F)c3)n2)c1. The van der Waals surface area contributed by atoms with Crippen molar-refractivity contribution in [1.29, 1.82) is 0 Å². The van der Waals surface area contributed by atoms with E-state index < -0.39 is 23.6 Å². The van der Waals surface area contributed by atoms with Crippen molar-refractivity contribution in [2.24, 2.45) is 0 Å². The van der Waals surface area contributed by atoms with Gasteiger partial charge in [0, 0.05) is 11.4 Å². The fourth-order valence-corrected chi connectivity index (χ4v) is 2.49. The van der Waals surface area contributed by atoms with Gasteiger partial charge in [0.2, 0.25) is 0 Å². The molecular weight excluding hydrogens is 377 g/mol. The molecule has 2 N–H and O–H groups in total. The van der Waals surface area contributed by atoms with Crippen LogP contribution in [0, 0.1) is 5.82 Å². The lowest BCUT2D eigenvalue weighted by Gasteiger charge is -2.08. The van der Waals surface area contributed by atoms with Gasteiger partial charge in [-0.2, -0.15) is 0 Å². The van der Waals surface area contributed by atoms with E-state index in [-0.39, 0.29) is 22.6 Å². The Labute approximate surface area is 165 Å². The van der Waals surface area contributed by atoms with Crippen LogP contribution in [-0.4, -0.2) is 29.9 Å². The van der Waals surface area contributed by atoms with Crippen LogP contribution in [0.4, 0.5) is 15.8 Å². The summed E-state index contributed by atoms with van der Waals surface area (Å²) in [7, 11) is 1.26. The van der Waals surface area contributed by atoms with Crippen LogP contribution in [0.5, 0.6) is 0 Å². The van der Waals surface area contributed by atoms with Crippen molar-refractivity contribution >= 4 is 29.2 Å². The number of hydrogen-bond acceptors (Lipinski definition) is 5. The minimum Gasteiger partial charge on any atom is -0.465 e. The lowest BCUT2D eigenvalue weighted by Crippen LogP contribution is -2.18. The van der Waals surface area contributed by atoms with Crippen LogP contribution in [0.1, 0.15) is 31.3 Å². The molecule has 2 amide bonds. The molecule has 2 aromatic carbocycles. The number of aromatic nitrogens is 1. The first-order valence-corrected chi connectivity index (χ1v) is 8.50. The summed E-state index contributed by atoms with van der Waals surface area (Å²) < 4.78 is 17.9. The predicted molar refractivity (Wildman–Crippen MR) is 104 cm³/mol. The Bertz CT molecular complexity index is 1080.